The summed E-state index contributed by atoms with van der Waals surface area (Å²) in [7, 11) is 0. The zero-order valence-electron chi connectivity index (χ0n) is 18.2. The molecule has 1 unspecified atom stereocenters. The number of rotatable bonds is 10. The first-order valence-corrected chi connectivity index (χ1v) is 12.2. The fourth-order valence-electron chi connectivity index (χ4n) is 3.60. The number of thioether (sulfide) groups is 1. The van der Waals surface area contributed by atoms with Gasteiger partial charge in [0.05, 0.1) is 12.8 Å². The van der Waals surface area contributed by atoms with E-state index < -0.39 is 11.9 Å². The van der Waals surface area contributed by atoms with Gasteiger partial charge in [-0.15, -0.1) is 0 Å². The Hall–Kier alpha value is -2.78. The quantitative estimate of drug-likeness (QED) is 0.505. The molecule has 0 bridgehead atoms. The Balaban J connectivity index is 1.44. The van der Waals surface area contributed by atoms with Crippen molar-refractivity contribution in [3.63, 3.8) is 0 Å². The molecule has 2 heterocycles. The second kappa shape index (κ2) is 12.3. The van der Waals surface area contributed by atoms with E-state index in [9.17, 15) is 14.4 Å². The topological polar surface area (TPSA) is 104 Å². The average Bonchev–Trinajstić information content (AvgIpc) is 3.33. The molecular weight excluding hydrogens is 428 g/mol. The minimum atomic E-state index is -0.616. The zero-order chi connectivity index (χ0) is 22.8. The van der Waals surface area contributed by atoms with Crippen LogP contribution in [0.1, 0.15) is 29.8 Å². The van der Waals surface area contributed by atoms with E-state index in [-0.39, 0.29) is 23.6 Å². The average molecular weight is 459 g/mol. The lowest BCUT2D eigenvalue weighted by atomic mass is 10.0. The van der Waals surface area contributed by atoms with Crippen molar-refractivity contribution in [3.8, 4) is 0 Å². The van der Waals surface area contributed by atoms with Crippen LogP contribution in [0.15, 0.2) is 53.1 Å². The highest BCUT2D eigenvalue weighted by molar-refractivity contribution is 7.98. The lowest BCUT2D eigenvalue weighted by Crippen LogP contribution is -2.52. The molecule has 3 amide bonds. The third-order valence-corrected chi connectivity index (χ3v) is 5.98. The van der Waals surface area contributed by atoms with Crippen LogP contribution in [-0.2, 0) is 9.59 Å². The number of nitrogens with one attached hydrogen (secondary N) is 3. The molecule has 0 aliphatic carbocycles. The first-order valence-electron chi connectivity index (χ1n) is 10.8. The van der Waals surface area contributed by atoms with Crippen LogP contribution in [0.3, 0.4) is 0 Å². The maximum absolute atomic E-state index is 12.8. The molecule has 1 aromatic carbocycles. The summed E-state index contributed by atoms with van der Waals surface area (Å²) < 4.78 is 5.12. The van der Waals surface area contributed by atoms with Crippen molar-refractivity contribution in [1.82, 2.24) is 15.5 Å². The highest BCUT2D eigenvalue weighted by atomic mass is 32.2. The number of para-hydroxylation sites is 1. The van der Waals surface area contributed by atoms with Gasteiger partial charge in [0.2, 0.25) is 11.8 Å². The van der Waals surface area contributed by atoms with E-state index in [0.717, 1.165) is 37.4 Å². The Morgan fingerprint density at radius 3 is 2.53 bits per heavy atom. The number of benzene rings is 1. The van der Waals surface area contributed by atoms with Gasteiger partial charge in [-0.05, 0) is 55.5 Å². The molecule has 172 valence electrons. The van der Waals surface area contributed by atoms with Crippen molar-refractivity contribution >= 4 is 35.2 Å². The summed E-state index contributed by atoms with van der Waals surface area (Å²) in [5.41, 5.74) is 0.785. The minimum Gasteiger partial charge on any atom is -0.459 e. The van der Waals surface area contributed by atoms with Crippen LogP contribution < -0.4 is 16.0 Å². The van der Waals surface area contributed by atoms with Gasteiger partial charge in [0, 0.05) is 24.8 Å². The molecular formula is C23H30N4O4S. The van der Waals surface area contributed by atoms with Crippen molar-refractivity contribution < 1.29 is 18.8 Å². The minimum absolute atomic E-state index is 0.0215. The number of nitrogens with zero attached hydrogens (tertiary/aromatic N) is 1. The third kappa shape index (κ3) is 7.42. The SMILES string of the molecule is CSCCC(NC(=O)c1ccco1)C(=O)NC1CCN(CC(=O)Nc2ccccc2)CC1. The lowest BCUT2D eigenvalue weighted by molar-refractivity contribution is -0.124. The number of amides is 3. The number of hydrogen-bond donors (Lipinski definition) is 3. The first kappa shape index (κ1) is 23.9. The van der Waals surface area contributed by atoms with Crippen LogP contribution >= 0.6 is 11.8 Å². The molecule has 1 atom stereocenters. The Morgan fingerprint density at radius 2 is 1.88 bits per heavy atom. The van der Waals surface area contributed by atoms with Crippen LogP contribution in [0.25, 0.3) is 0 Å². The number of carbonyl (C=O) groups excluding carboxylic acids is 3. The molecule has 9 heteroatoms. The van der Waals surface area contributed by atoms with Crippen molar-refractivity contribution in [1.29, 1.82) is 0 Å². The van der Waals surface area contributed by atoms with Crippen LogP contribution in [-0.4, -0.2) is 66.3 Å². The maximum atomic E-state index is 12.8. The van der Waals surface area contributed by atoms with Gasteiger partial charge < -0.3 is 20.4 Å². The van der Waals surface area contributed by atoms with Gasteiger partial charge in [-0.25, -0.2) is 0 Å². The van der Waals surface area contributed by atoms with Crippen molar-refractivity contribution in [2.75, 3.05) is 37.0 Å². The molecule has 1 aliphatic heterocycles. The standard InChI is InChI=1S/C23H30N4O4S/c1-32-15-11-19(26-23(30)20-8-5-14-31-20)22(29)25-18-9-12-27(13-10-18)16-21(28)24-17-6-3-2-4-7-17/h2-8,14,18-19H,9-13,15-16H2,1H3,(H,24,28)(H,25,29)(H,26,30). The van der Waals surface area contributed by atoms with Crippen LogP contribution in [0.2, 0.25) is 0 Å². The highest BCUT2D eigenvalue weighted by Crippen LogP contribution is 2.12. The maximum Gasteiger partial charge on any atom is 0.287 e. The van der Waals surface area contributed by atoms with E-state index in [2.05, 4.69) is 20.9 Å². The summed E-state index contributed by atoms with van der Waals surface area (Å²) in [5.74, 6) is 0.325. The van der Waals surface area contributed by atoms with E-state index in [1.54, 1.807) is 23.9 Å². The Morgan fingerprint density at radius 1 is 1.12 bits per heavy atom. The van der Waals surface area contributed by atoms with Gasteiger partial charge in [0.1, 0.15) is 6.04 Å². The van der Waals surface area contributed by atoms with Crippen LogP contribution in [0.4, 0.5) is 5.69 Å². The van der Waals surface area contributed by atoms with E-state index in [1.165, 1.54) is 6.26 Å². The molecule has 1 aromatic heterocycles. The molecule has 32 heavy (non-hydrogen) atoms. The molecule has 0 saturated carbocycles. The molecule has 8 nitrogen and oxygen atoms in total. The molecule has 1 saturated heterocycles. The summed E-state index contributed by atoms with van der Waals surface area (Å²) in [6, 6.07) is 12.0. The van der Waals surface area contributed by atoms with Gasteiger partial charge in [0.25, 0.3) is 5.91 Å². The number of carbonyl (C=O) groups is 3. The molecule has 3 rings (SSSR count). The number of piperidine rings is 1. The molecule has 2 aromatic rings. The van der Waals surface area contributed by atoms with Gasteiger partial charge in [0.15, 0.2) is 5.76 Å². The molecule has 1 fully saturated rings. The Bertz CT molecular complexity index is 867. The molecule has 3 N–H and O–H groups in total. The normalized spacial score (nSPS) is 15.7. The lowest BCUT2D eigenvalue weighted by Gasteiger charge is -2.32. The molecule has 0 radical (unpaired) electrons. The van der Waals surface area contributed by atoms with Gasteiger partial charge >= 0.3 is 0 Å². The predicted molar refractivity (Wildman–Crippen MR) is 126 cm³/mol. The largest absolute Gasteiger partial charge is 0.459 e. The smallest absolute Gasteiger partial charge is 0.287 e. The summed E-state index contributed by atoms with van der Waals surface area (Å²) >= 11 is 1.63. The van der Waals surface area contributed by atoms with Gasteiger partial charge in [-0.1, -0.05) is 18.2 Å². The van der Waals surface area contributed by atoms with E-state index in [1.807, 2.05) is 36.6 Å². The number of likely N-dealkylation sites (tertiary alicyclic amines) is 1. The van der Waals surface area contributed by atoms with Crippen LogP contribution in [0.5, 0.6) is 0 Å². The Kier molecular flexibility index (Phi) is 9.18. The summed E-state index contributed by atoms with van der Waals surface area (Å²) in [6.45, 7) is 1.77. The number of furan rings is 1. The highest BCUT2D eigenvalue weighted by Gasteiger charge is 2.27. The second-order valence-corrected chi connectivity index (χ2v) is 8.74. The Labute approximate surface area is 192 Å². The van der Waals surface area contributed by atoms with E-state index in [4.69, 9.17) is 4.42 Å². The monoisotopic (exact) mass is 458 g/mol. The van der Waals surface area contributed by atoms with Crippen molar-refractivity contribution in [2.24, 2.45) is 0 Å². The fraction of sp³-hybridized carbons (Fsp3) is 0.435. The zero-order valence-corrected chi connectivity index (χ0v) is 19.0. The van der Waals surface area contributed by atoms with Crippen molar-refractivity contribution in [3.05, 3.63) is 54.5 Å². The first-order chi connectivity index (χ1) is 15.5. The fourth-order valence-corrected chi connectivity index (χ4v) is 4.08. The second-order valence-electron chi connectivity index (χ2n) is 7.76. The van der Waals surface area contributed by atoms with Gasteiger partial charge in [-0.2, -0.15) is 11.8 Å². The molecule has 1 aliphatic rings. The summed E-state index contributed by atoms with van der Waals surface area (Å²) in [5, 5.41) is 8.75. The number of anilines is 1. The molecule has 0 spiro atoms. The van der Waals surface area contributed by atoms with E-state index >= 15 is 0 Å². The van der Waals surface area contributed by atoms with Crippen LogP contribution in [0, 0.1) is 0 Å². The van der Waals surface area contributed by atoms with E-state index in [0.29, 0.717) is 13.0 Å². The summed E-state index contributed by atoms with van der Waals surface area (Å²) in [6.07, 6.45) is 5.45. The number of hydrogen-bond acceptors (Lipinski definition) is 6. The summed E-state index contributed by atoms with van der Waals surface area (Å²) in [4.78, 5) is 39.5. The van der Waals surface area contributed by atoms with Gasteiger partial charge in [-0.3, -0.25) is 19.3 Å². The van der Waals surface area contributed by atoms with Crippen molar-refractivity contribution in [2.45, 2.75) is 31.3 Å². The third-order valence-electron chi connectivity index (χ3n) is 5.34. The predicted octanol–water partition coefficient (Wildman–Crippen LogP) is 2.35.